The molecule has 0 unspecified atom stereocenters. The van der Waals surface area contributed by atoms with Gasteiger partial charge in [0.05, 0.1) is 14.2 Å². The zero-order valence-corrected chi connectivity index (χ0v) is 9.26. The van der Waals surface area contributed by atoms with Crippen molar-refractivity contribution in [3.05, 3.63) is 29.7 Å². The summed E-state index contributed by atoms with van der Waals surface area (Å²) in [5.41, 5.74) is 1.25. The van der Waals surface area contributed by atoms with E-state index in [9.17, 15) is 0 Å². The lowest BCUT2D eigenvalue weighted by atomic mass is 10.0. The maximum Gasteiger partial charge on any atom is 0.160 e. The molecule has 2 nitrogen and oxygen atoms in total. The Morgan fingerprint density at radius 3 is 2.21 bits per heavy atom. The highest BCUT2D eigenvalue weighted by atomic mass is 16.5. The summed E-state index contributed by atoms with van der Waals surface area (Å²) < 4.78 is 10.4. The topological polar surface area (TPSA) is 18.5 Å². The summed E-state index contributed by atoms with van der Waals surface area (Å²) in [5, 5.41) is 0. The lowest BCUT2D eigenvalue weighted by Gasteiger charge is -2.10. The SMILES string of the molecule is COc1ccc(C[C](C)C)cc1OC. The van der Waals surface area contributed by atoms with Crippen LogP contribution < -0.4 is 9.47 Å². The molecule has 0 amide bonds. The molecule has 0 atom stereocenters. The minimum atomic E-state index is 0.782. The number of ether oxygens (including phenoxy) is 2. The predicted molar refractivity (Wildman–Crippen MR) is 57.8 cm³/mol. The van der Waals surface area contributed by atoms with Gasteiger partial charge in [-0.05, 0) is 30.0 Å². The number of benzene rings is 1. The van der Waals surface area contributed by atoms with Gasteiger partial charge >= 0.3 is 0 Å². The number of hydrogen-bond donors (Lipinski definition) is 0. The van der Waals surface area contributed by atoms with Gasteiger partial charge in [-0.15, -0.1) is 0 Å². The maximum atomic E-state index is 5.22. The van der Waals surface area contributed by atoms with Crippen LogP contribution in [-0.4, -0.2) is 14.2 Å². The quantitative estimate of drug-likeness (QED) is 0.732. The highest BCUT2D eigenvalue weighted by Gasteiger charge is 2.05. The minimum Gasteiger partial charge on any atom is -0.493 e. The molecule has 2 heteroatoms. The highest BCUT2D eigenvalue weighted by molar-refractivity contribution is 5.43. The Labute approximate surface area is 85.8 Å². The first kappa shape index (κ1) is 10.9. The summed E-state index contributed by atoms with van der Waals surface area (Å²) in [4.78, 5) is 0. The second kappa shape index (κ2) is 4.89. The molecule has 14 heavy (non-hydrogen) atoms. The molecular formula is C12H17O2. The first-order valence-corrected chi connectivity index (χ1v) is 4.67. The van der Waals surface area contributed by atoms with Crippen molar-refractivity contribution in [2.24, 2.45) is 0 Å². The van der Waals surface area contributed by atoms with Crippen molar-refractivity contribution in [3.63, 3.8) is 0 Å². The monoisotopic (exact) mass is 193 g/mol. The van der Waals surface area contributed by atoms with E-state index < -0.39 is 0 Å². The second-order valence-corrected chi connectivity index (χ2v) is 3.57. The molecule has 0 aliphatic heterocycles. The van der Waals surface area contributed by atoms with Gasteiger partial charge in [-0.1, -0.05) is 19.9 Å². The molecule has 0 aliphatic carbocycles. The van der Waals surface area contributed by atoms with Crippen LogP contribution in [-0.2, 0) is 6.42 Å². The van der Waals surface area contributed by atoms with Gasteiger partial charge in [0.25, 0.3) is 0 Å². The maximum absolute atomic E-state index is 5.22. The lowest BCUT2D eigenvalue weighted by molar-refractivity contribution is 0.354. The third kappa shape index (κ3) is 2.66. The van der Waals surface area contributed by atoms with Crippen LogP contribution in [0.3, 0.4) is 0 Å². The fourth-order valence-corrected chi connectivity index (χ4v) is 1.40. The zero-order chi connectivity index (χ0) is 10.6. The smallest absolute Gasteiger partial charge is 0.160 e. The van der Waals surface area contributed by atoms with Crippen LogP contribution in [0.15, 0.2) is 18.2 Å². The molecule has 1 rings (SSSR count). The third-order valence-electron chi connectivity index (χ3n) is 2.01. The minimum absolute atomic E-state index is 0.782. The Morgan fingerprint density at radius 2 is 1.71 bits per heavy atom. The number of hydrogen-bond acceptors (Lipinski definition) is 2. The number of methoxy groups -OCH3 is 2. The van der Waals surface area contributed by atoms with Gasteiger partial charge in [-0.3, -0.25) is 0 Å². The van der Waals surface area contributed by atoms with E-state index >= 15 is 0 Å². The summed E-state index contributed by atoms with van der Waals surface area (Å²) >= 11 is 0. The van der Waals surface area contributed by atoms with E-state index in [1.165, 1.54) is 11.5 Å². The van der Waals surface area contributed by atoms with Gasteiger partial charge < -0.3 is 9.47 Å². The normalized spacial score (nSPS) is 10.4. The van der Waals surface area contributed by atoms with E-state index in [0.29, 0.717) is 0 Å². The van der Waals surface area contributed by atoms with Crippen LogP contribution in [0.25, 0.3) is 0 Å². The van der Waals surface area contributed by atoms with Crippen molar-refractivity contribution < 1.29 is 9.47 Å². The average molecular weight is 193 g/mol. The van der Waals surface area contributed by atoms with Crippen molar-refractivity contribution in [3.8, 4) is 11.5 Å². The third-order valence-corrected chi connectivity index (χ3v) is 2.01. The molecule has 0 spiro atoms. The van der Waals surface area contributed by atoms with E-state index in [-0.39, 0.29) is 0 Å². The van der Waals surface area contributed by atoms with Gasteiger partial charge in [0.1, 0.15) is 0 Å². The molecule has 0 aromatic heterocycles. The second-order valence-electron chi connectivity index (χ2n) is 3.57. The van der Waals surface area contributed by atoms with E-state index in [0.717, 1.165) is 17.9 Å². The molecule has 1 aromatic rings. The first-order chi connectivity index (χ1) is 6.67. The van der Waals surface area contributed by atoms with Gasteiger partial charge in [-0.25, -0.2) is 0 Å². The Balaban J connectivity index is 2.89. The molecule has 0 saturated carbocycles. The molecule has 0 heterocycles. The molecule has 1 radical (unpaired) electrons. The fourth-order valence-electron chi connectivity index (χ4n) is 1.40. The molecule has 0 fully saturated rings. The van der Waals surface area contributed by atoms with E-state index in [4.69, 9.17) is 9.47 Å². The average Bonchev–Trinajstić information content (AvgIpc) is 2.16. The first-order valence-electron chi connectivity index (χ1n) is 4.67. The summed E-state index contributed by atoms with van der Waals surface area (Å²) in [6, 6.07) is 6.03. The van der Waals surface area contributed by atoms with Crippen molar-refractivity contribution in [2.75, 3.05) is 14.2 Å². The van der Waals surface area contributed by atoms with Crippen LogP contribution in [0.5, 0.6) is 11.5 Å². The molecule has 0 N–H and O–H groups in total. The molecule has 0 bridgehead atoms. The summed E-state index contributed by atoms with van der Waals surface area (Å²) in [5.74, 6) is 2.97. The van der Waals surface area contributed by atoms with Gasteiger partial charge in [0.2, 0.25) is 0 Å². The van der Waals surface area contributed by atoms with Crippen molar-refractivity contribution in [2.45, 2.75) is 20.3 Å². The summed E-state index contributed by atoms with van der Waals surface area (Å²) in [6.45, 7) is 4.24. The summed E-state index contributed by atoms with van der Waals surface area (Å²) in [6.07, 6.45) is 0.986. The summed E-state index contributed by atoms with van der Waals surface area (Å²) in [7, 11) is 3.30. The standard InChI is InChI=1S/C12H17O2/c1-9(2)7-10-5-6-11(13-3)12(8-10)14-4/h5-6,8H,7H2,1-4H3. The molecular weight excluding hydrogens is 176 g/mol. The molecule has 0 aliphatic rings. The van der Waals surface area contributed by atoms with Crippen LogP contribution in [0.1, 0.15) is 19.4 Å². The zero-order valence-electron chi connectivity index (χ0n) is 9.26. The molecule has 77 valence electrons. The van der Waals surface area contributed by atoms with E-state index in [2.05, 4.69) is 19.9 Å². The Kier molecular flexibility index (Phi) is 3.81. The van der Waals surface area contributed by atoms with E-state index in [1.54, 1.807) is 14.2 Å². The van der Waals surface area contributed by atoms with E-state index in [1.807, 2.05) is 12.1 Å². The Hall–Kier alpha value is -1.18. The molecule has 1 aromatic carbocycles. The van der Waals surface area contributed by atoms with Gasteiger partial charge in [-0.2, -0.15) is 0 Å². The largest absolute Gasteiger partial charge is 0.493 e. The van der Waals surface area contributed by atoms with Gasteiger partial charge in [0, 0.05) is 0 Å². The lowest BCUT2D eigenvalue weighted by Crippen LogP contribution is -1.95. The van der Waals surface area contributed by atoms with Crippen LogP contribution in [0.4, 0.5) is 0 Å². The van der Waals surface area contributed by atoms with Crippen molar-refractivity contribution in [1.82, 2.24) is 0 Å². The highest BCUT2D eigenvalue weighted by Crippen LogP contribution is 2.28. The Bertz CT molecular complexity index is 292. The Morgan fingerprint density at radius 1 is 1.07 bits per heavy atom. The van der Waals surface area contributed by atoms with Crippen LogP contribution in [0, 0.1) is 5.92 Å². The van der Waals surface area contributed by atoms with Crippen molar-refractivity contribution >= 4 is 0 Å². The van der Waals surface area contributed by atoms with Crippen LogP contribution >= 0.6 is 0 Å². The van der Waals surface area contributed by atoms with Crippen LogP contribution in [0.2, 0.25) is 0 Å². The fraction of sp³-hybridized carbons (Fsp3) is 0.417. The van der Waals surface area contributed by atoms with Gasteiger partial charge in [0.15, 0.2) is 11.5 Å². The predicted octanol–water partition coefficient (Wildman–Crippen LogP) is 2.86. The number of rotatable bonds is 4. The van der Waals surface area contributed by atoms with Crippen molar-refractivity contribution in [1.29, 1.82) is 0 Å². The molecule has 0 saturated heterocycles.